The van der Waals surface area contributed by atoms with Crippen LogP contribution in [0, 0.1) is 0 Å². The zero-order valence-electron chi connectivity index (χ0n) is 16.9. The smallest absolute Gasteiger partial charge is 0.328 e. The third kappa shape index (κ3) is 6.43. The summed E-state index contributed by atoms with van der Waals surface area (Å²) in [5.74, 6) is -1.33. The molecular weight excluding hydrogens is 396 g/mol. The van der Waals surface area contributed by atoms with Crippen LogP contribution < -0.4 is 10.6 Å². The molecule has 0 fully saturated rings. The second-order valence-corrected chi connectivity index (χ2v) is 6.68. The number of benzene rings is 2. The molecule has 0 radical (unpaired) electrons. The van der Waals surface area contributed by atoms with Crippen LogP contribution in [-0.2, 0) is 20.9 Å². The molecule has 1 unspecified atom stereocenters. The molecule has 158 valence electrons. The minimum Gasteiger partial charge on any atom is -0.465 e. The minimum absolute atomic E-state index is 0.0634. The summed E-state index contributed by atoms with van der Waals surface area (Å²) < 4.78 is 10.5. The molecule has 1 aromatic heterocycles. The molecule has 0 aliphatic rings. The van der Waals surface area contributed by atoms with Crippen molar-refractivity contribution in [2.45, 2.75) is 19.6 Å². The fraction of sp³-hybridized carbons (Fsp3) is 0.125. The molecule has 31 heavy (non-hydrogen) atoms. The van der Waals surface area contributed by atoms with Crippen LogP contribution in [0.3, 0.4) is 0 Å². The van der Waals surface area contributed by atoms with Gasteiger partial charge in [0.15, 0.2) is 0 Å². The molecular formula is C24H22N2O5. The molecule has 1 atom stereocenters. The Morgan fingerprint density at radius 2 is 1.65 bits per heavy atom. The fourth-order valence-corrected chi connectivity index (χ4v) is 2.65. The maximum atomic E-state index is 12.8. The summed E-state index contributed by atoms with van der Waals surface area (Å²) in [6, 6.07) is 20.1. The van der Waals surface area contributed by atoms with Crippen molar-refractivity contribution in [1.82, 2.24) is 10.6 Å². The first-order chi connectivity index (χ1) is 15.0. The quantitative estimate of drug-likeness (QED) is 0.432. The van der Waals surface area contributed by atoms with E-state index in [1.807, 2.05) is 30.3 Å². The van der Waals surface area contributed by atoms with Crippen molar-refractivity contribution in [3.05, 3.63) is 102 Å². The maximum absolute atomic E-state index is 12.8. The number of hydrogen-bond acceptors (Lipinski definition) is 5. The summed E-state index contributed by atoms with van der Waals surface area (Å²) in [6.45, 7) is 1.61. The zero-order valence-corrected chi connectivity index (χ0v) is 16.9. The summed E-state index contributed by atoms with van der Waals surface area (Å²) in [6.07, 6.45) is 2.84. The van der Waals surface area contributed by atoms with Crippen molar-refractivity contribution >= 4 is 23.9 Å². The van der Waals surface area contributed by atoms with Gasteiger partial charge < -0.3 is 19.8 Å². The SMILES string of the molecule is CC(NC(=O)/C(=C/c1ccco1)NC(=O)c1ccccc1)C(=O)OCc1ccccc1. The molecule has 2 amide bonds. The van der Waals surface area contributed by atoms with Crippen molar-refractivity contribution in [1.29, 1.82) is 0 Å². The van der Waals surface area contributed by atoms with Gasteiger partial charge in [0.25, 0.3) is 11.8 Å². The summed E-state index contributed by atoms with van der Waals surface area (Å²) in [7, 11) is 0. The number of amides is 2. The van der Waals surface area contributed by atoms with Crippen LogP contribution >= 0.6 is 0 Å². The van der Waals surface area contributed by atoms with E-state index in [1.54, 1.807) is 42.5 Å². The summed E-state index contributed by atoms with van der Waals surface area (Å²) in [5, 5.41) is 5.12. The number of nitrogens with one attached hydrogen (secondary N) is 2. The average molecular weight is 418 g/mol. The largest absolute Gasteiger partial charge is 0.465 e. The van der Waals surface area contributed by atoms with Crippen molar-refractivity contribution in [3.8, 4) is 0 Å². The highest BCUT2D eigenvalue weighted by atomic mass is 16.5. The number of carbonyl (C=O) groups excluding carboxylic acids is 3. The predicted octanol–water partition coefficient (Wildman–Crippen LogP) is 3.30. The number of carbonyl (C=O) groups is 3. The second kappa shape index (κ2) is 10.6. The zero-order chi connectivity index (χ0) is 22.1. The van der Waals surface area contributed by atoms with Gasteiger partial charge in [0, 0.05) is 11.6 Å². The monoisotopic (exact) mass is 418 g/mol. The third-order valence-corrected chi connectivity index (χ3v) is 4.28. The Morgan fingerprint density at radius 3 is 2.29 bits per heavy atom. The van der Waals surface area contributed by atoms with E-state index < -0.39 is 23.8 Å². The molecule has 2 aromatic carbocycles. The van der Waals surface area contributed by atoms with E-state index in [-0.39, 0.29) is 12.3 Å². The Bertz CT molecular complexity index is 1040. The number of esters is 1. The minimum atomic E-state index is -0.926. The van der Waals surface area contributed by atoms with E-state index in [0.717, 1.165) is 5.56 Å². The lowest BCUT2D eigenvalue weighted by molar-refractivity contribution is -0.148. The lowest BCUT2D eigenvalue weighted by atomic mass is 10.2. The first kappa shape index (κ1) is 21.6. The highest BCUT2D eigenvalue weighted by molar-refractivity contribution is 6.05. The van der Waals surface area contributed by atoms with Gasteiger partial charge in [-0.3, -0.25) is 9.59 Å². The molecule has 0 bridgehead atoms. The van der Waals surface area contributed by atoms with Gasteiger partial charge in [0.05, 0.1) is 6.26 Å². The maximum Gasteiger partial charge on any atom is 0.328 e. The van der Waals surface area contributed by atoms with E-state index in [1.165, 1.54) is 19.3 Å². The van der Waals surface area contributed by atoms with Gasteiger partial charge in [0.2, 0.25) is 0 Å². The van der Waals surface area contributed by atoms with E-state index in [2.05, 4.69) is 10.6 Å². The van der Waals surface area contributed by atoms with E-state index >= 15 is 0 Å². The summed E-state index contributed by atoms with van der Waals surface area (Å²) in [5.41, 5.74) is 1.16. The van der Waals surface area contributed by atoms with Crippen LogP contribution in [0.1, 0.15) is 28.6 Å². The van der Waals surface area contributed by atoms with E-state index in [0.29, 0.717) is 11.3 Å². The number of rotatable bonds is 8. The van der Waals surface area contributed by atoms with Gasteiger partial charge in [-0.05, 0) is 36.8 Å². The molecule has 0 saturated carbocycles. The average Bonchev–Trinajstić information content (AvgIpc) is 3.31. The Morgan fingerprint density at radius 1 is 0.968 bits per heavy atom. The van der Waals surface area contributed by atoms with Gasteiger partial charge in [0.1, 0.15) is 24.1 Å². The molecule has 3 rings (SSSR count). The topological polar surface area (TPSA) is 97.6 Å². The molecule has 0 aliphatic carbocycles. The van der Waals surface area contributed by atoms with Crippen LogP contribution in [0.25, 0.3) is 6.08 Å². The normalized spacial score (nSPS) is 12.0. The van der Waals surface area contributed by atoms with Crippen molar-refractivity contribution in [2.24, 2.45) is 0 Å². The molecule has 0 aliphatic heterocycles. The number of ether oxygens (including phenoxy) is 1. The van der Waals surface area contributed by atoms with Gasteiger partial charge in [-0.15, -0.1) is 0 Å². The van der Waals surface area contributed by atoms with Crippen molar-refractivity contribution < 1.29 is 23.5 Å². The van der Waals surface area contributed by atoms with Crippen LogP contribution in [0.4, 0.5) is 0 Å². The van der Waals surface area contributed by atoms with Crippen molar-refractivity contribution in [3.63, 3.8) is 0 Å². The molecule has 1 heterocycles. The first-order valence-corrected chi connectivity index (χ1v) is 9.66. The van der Waals surface area contributed by atoms with Gasteiger partial charge in [-0.2, -0.15) is 0 Å². The van der Waals surface area contributed by atoms with Crippen LogP contribution in [-0.4, -0.2) is 23.8 Å². The lowest BCUT2D eigenvalue weighted by Crippen LogP contribution is -2.43. The van der Waals surface area contributed by atoms with Crippen molar-refractivity contribution in [2.75, 3.05) is 0 Å². The Balaban J connectivity index is 1.66. The highest BCUT2D eigenvalue weighted by Gasteiger charge is 2.21. The number of hydrogen-bond donors (Lipinski definition) is 2. The standard InChI is InChI=1S/C24H22N2O5/c1-17(24(29)31-16-18-9-4-2-5-10-18)25-23(28)21(15-20-13-8-14-30-20)26-22(27)19-11-6-3-7-12-19/h2-15,17H,16H2,1H3,(H,25,28)(H,26,27)/b21-15-. The van der Waals surface area contributed by atoms with E-state index in [9.17, 15) is 14.4 Å². The number of furan rings is 1. The van der Waals surface area contributed by atoms with Crippen LogP contribution in [0.5, 0.6) is 0 Å². The first-order valence-electron chi connectivity index (χ1n) is 9.66. The summed E-state index contributed by atoms with van der Waals surface area (Å²) >= 11 is 0. The highest BCUT2D eigenvalue weighted by Crippen LogP contribution is 2.09. The van der Waals surface area contributed by atoms with Crippen LogP contribution in [0.2, 0.25) is 0 Å². The fourth-order valence-electron chi connectivity index (χ4n) is 2.65. The molecule has 3 aromatic rings. The van der Waals surface area contributed by atoms with Gasteiger partial charge in [-0.1, -0.05) is 48.5 Å². The molecule has 7 nitrogen and oxygen atoms in total. The van der Waals surface area contributed by atoms with E-state index in [4.69, 9.17) is 9.15 Å². The second-order valence-electron chi connectivity index (χ2n) is 6.68. The molecule has 0 saturated heterocycles. The molecule has 7 heteroatoms. The Kier molecular flexibility index (Phi) is 7.37. The molecule has 2 N–H and O–H groups in total. The predicted molar refractivity (Wildman–Crippen MR) is 114 cm³/mol. The molecule has 0 spiro atoms. The Hall–Kier alpha value is -4.13. The third-order valence-electron chi connectivity index (χ3n) is 4.28. The van der Waals surface area contributed by atoms with Crippen LogP contribution in [0.15, 0.2) is 89.2 Å². The lowest BCUT2D eigenvalue weighted by Gasteiger charge is -2.15. The summed E-state index contributed by atoms with van der Waals surface area (Å²) in [4.78, 5) is 37.6. The Labute approximate surface area is 179 Å². The van der Waals surface area contributed by atoms with Gasteiger partial charge in [-0.25, -0.2) is 4.79 Å². The van der Waals surface area contributed by atoms with Gasteiger partial charge >= 0.3 is 5.97 Å².